The van der Waals surface area contributed by atoms with Crippen molar-refractivity contribution in [2.75, 3.05) is 17.1 Å². The van der Waals surface area contributed by atoms with E-state index in [2.05, 4.69) is 5.32 Å². The number of amides is 1. The first-order valence-corrected chi connectivity index (χ1v) is 8.22. The zero-order valence-corrected chi connectivity index (χ0v) is 12.3. The van der Waals surface area contributed by atoms with E-state index in [9.17, 15) is 17.6 Å². The van der Waals surface area contributed by atoms with Crippen molar-refractivity contribution >= 4 is 33.2 Å². The average Bonchev–Trinajstić information content (AvgIpc) is 3.09. The van der Waals surface area contributed by atoms with E-state index in [-0.39, 0.29) is 16.8 Å². The summed E-state index contributed by atoms with van der Waals surface area (Å²) >= 11 is 5.63. The first-order chi connectivity index (χ1) is 9.27. The van der Waals surface area contributed by atoms with E-state index in [4.69, 9.17) is 11.6 Å². The predicted molar refractivity (Wildman–Crippen MR) is 74.8 cm³/mol. The summed E-state index contributed by atoms with van der Waals surface area (Å²) in [5.74, 6) is -1.24. The van der Waals surface area contributed by atoms with Crippen LogP contribution in [-0.4, -0.2) is 33.2 Å². The monoisotopic (exact) mass is 320 g/mol. The van der Waals surface area contributed by atoms with Crippen LogP contribution < -0.4 is 9.62 Å². The summed E-state index contributed by atoms with van der Waals surface area (Å²) in [4.78, 5) is 11.7. The highest BCUT2D eigenvalue weighted by molar-refractivity contribution is 7.92. The minimum absolute atomic E-state index is 0.110. The third-order valence-electron chi connectivity index (χ3n) is 2.81. The lowest BCUT2D eigenvalue weighted by molar-refractivity contribution is -0.119. The zero-order chi connectivity index (χ0) is 14.9. The van der Waals surface area contributed by atoms with E-state index >= 15 is 0 Å². The summed E-state index contributed by atoms with van der Waals surface area (Å²) < 4.78 is 38.1. The molecule has 0 spiro atoms. The van der Waals surface area contributed by atoms with Crippen molar-refractivity contribution in [2.24, 2.45) is 0 Å². The molecule has 1 fully saturated rings. The Hall–Kier alpha value is -1.34. The van der Waals surface area contributed by atoms with Gasteiger partial charge in [-0.15, -0.1) is 0 Å². The van der Waals surface area contributed by atoms with Gasteiger partial charge in [-0.2, -0.15) is 0 Å². The molecule has 0 heterocycles. The Labute approximate surface area is 121 Å². The van der Waals surface area contributed by atoms with E-state index in [1.165, 1.54) is 12.1 Å². The fourth-order valence-electron chi connectivity index (χ4n) is 1.70. The first-order valence-electron chi connectivity index (χ1n) is 5.99. The van der Waals surface area contributed by atoms with Gasteiger partial charge in [0.1, 0.15) is 12.4 Å². The van der Waals surface area contributed by atoms with E-state index in [0.717, 1.165) is 29.5 Å². The number of benzene rings is 1. The third-order valence-corrected chi connectivity index (χ3v) is 4.17. The van der Waals surface area contributed by atoms with Gasteiger partial charge in [0.15, 0.2) is 0 Å². The van der Waals surface area contributed by atoms with Crippen LogP contribution in [0.5, 0.6) is 0 Å². The number of halogens is 2. The van der Waals surface area contributed by atoms with Crippen LogP contribution in [0.25, 0.3) is 0 Å². The molecule has 0 unspecified atom stereocenters. The Balaban J connectivity index is 2.25. The molecule has 1 aliphatic carbocycles. The van der Waals surface area contributed by atoms with Crippen LogP contribution in [0.1, 0.15) is 12.8 Å². The lowest BCUT2D eigenvalue weighted by atomic mass is 10.3. The topological polar surface area (TPSA) is 66.5 Å². The predicted octanol–water partition coefficient (Wildman–Crippen LogP) is 1.52. The normalized spacial score (nSPS) is 14.9. The Morgan fingerprint density at radius 3 is 2.65 bits per heavy atom. The number of sulfonamides is 1. The molecule has 0 bridgehead atoms. The number of nitrogens with one attached hydrogen (secondary N) is 1. The maximum absolute atomic E-state index is 13.8. The number of hydrogen-bond acceptors (Lipinski definition) is 3. The molecule has 0 radical (unpaired) electrons. The maximum Gasteiger partial charge on any atom is 0.240 e. The van der Waals surface area contributed by atoms with E-state index in [1.807, 2.05) is 0 Å². The van der Waals surface area contributed by atoms with Crippen LogP contribution in [0.15, 0.2) is 18.2 Å². The van der Waals surface area contributed by atoms with Gasteiger partial charge >= 0.3 is 0 Å². The number of hydrogen-bond donors (Lipinski definition) is 1. The molecule has 1 aromatic carbocycles. The molecule has 20 heavy (non-hydrogen) atoms. The summed E-state index contributed by atoms with van der Waals surface area (Å²) in [5, 5.41) is 2.82. The molecular formula is C12H14ClFN2O3S. The molecule has 0 saturated heterocycles. The molecule has 1 amide bonds. The number of nitrogens with zero attached hydrogens (tertiary/aromatic N) is 1. The fraction of sp³-hybridized carbons (Fsp3) is 0.417. The Morgan fingerprint density at radius 1 is 1.50 bits per heavy atom. The van der Waals surface area contributed by atoms with E-state index < -0.39 is 28.3 Å². The van der Waals surface area contributed by atoms with Gasteiger partial charge in [-0.25, -0.2) is 12.8 Å². The zero-order valence-electron chi connectivity index (χ0n) is 10.8. The minimum atomic E-state index is -3.77. The van der Waals surface area contributed by atoms with Gasteiger partial charge in [0, 0.05) is 11.1 Å². The number of carbonyl (C=O) groups is 1. The van der Waals surface area contributed by atoms with Crippen molar-refractivity contribution in [1.82, 2.24) is 5.32 Å². The van der Waals surface area contributed by atoms with Gasteiger partial charge in [-0.3, -0.25) is 9.10 Å². The van der Waals surface area contributed by atoms with Crippen LogP contribution in [0.4, 0.5) is 10.1 Å². The number of anilines is 1. The van der Waals surface area contributed by atoms with Crippen molar-refractivity contribution < 1.29 is 17.6 Å². The quantitative estimate of drug-likeness (QED) is 0.894. The molecule has 8 heteroatoms. The van der Waals surface area contributed by atoms with Gasteiger partial charge in [-0.05, 0) is 31.0 Å². The summed E-state index contributed by atoms with van der Waals surface area (Å²) in [6, 6.07) is 3.73. The Bertz CT molecular complexity index is 632. The smallest absolute Gasteiger partial charge is 0.240 e. The molecule has 2 rings (SSSR count). The second kappa shape index (κ2) is 5.57. The number of rotatable bonds is 5. The highest BCUT2D eigenvalue weighted by Crippen LogP contribution is 2.25. The SMILES string of the molecule is CS(=O)(=O)N(CC(=O)NC1CC1)c1ccc(Cl)cc1F. The van der Waals surface area contributed by atoms with Crippen molar-refractivity contribution in [3.63, 3.8) is 0 Å². The maximum atomic E-state index is 13.8. The van der Waals surface area contributed by atoms with Crippen molar-refractivity contribution in [1.29, 1.82) is 0 Å². The highest BCUT2D eigenvalue weighted by Gasteiger charge is 2.27. The molecule has 1 aliphatic rings. The minimum Gasteiger partial charge on any atom is -0.352 e. The summed E-state index contributed by atoms with van der Waals surface area (Å²) in [6.45, 7) is -0.451. The highest BCUT2D eigenvalue weighted by atomic mass is 35.5. The standard InChI is InChI=1S/C12H14ClFN2O3S/c1-20(18,19)16(7-12(17)15-9-3-4-9)11-5-2-8(13)6-10(11)14/h2,5-6,9H,3-4,7H2,1H3,(H,15,17). The summed E-state index contributed by atoms with van der Waals surface area (Å²) in [7, 11) is -3.77. The molecule has 0 aromatic heterocycles. The van der Waals surface area contributed by atoms with Crippen LogP contribution in [-0.2, 0) is 14.8 Å². The van der Waals surface area contributed by atoms with Crippen molar-refractivity contribution in [2.45, 2.75) is 18.9 Å². The molecule has 0 atom stereocenters. The molecule has 1 aromatic rings. The first kappa shape index (κ1) is 15.1. The van der Waals surface area contributed by atoms with Crippen LogP contribution in [0, 0.1) is 5.82 Å². The van der Waals surface area contributed by atoms with Crippen molar-refractivity contribution in [3.05, 3.63) is 29.0 Å². The molecule has 1 N–H and O–H groups in total. The largest absolute Gasteiger partial charge is 0.352 e. The Morgan fingerprint density at radius 2 is 2.15 bits per heavy atom. The van der Waals surface area contributed by atoms with Gasteiger partial charge in [0.05, 0.1) is 11.9 Å². The van der Waals surface area contributed by atoms with Gasteiger partial charge in [-0.1, -0.05) is 11.6 Å². The van der Waals surface area contributed by atoms with Gasteiger partial charge in [0.25, 0.3) is 0 Å². The lowest BCUT2D eigenvalue weighted by Gasteiger charge is -2.22. The molecular weight excluding hydrogens is 307 g/mol. The van der Waals surface area contributed by atoms with E-state index in [0.29, 0.717) is 0 Å². The van der Waals surface area contributed by atoms with E-state index in [1.54, 1.807) is 0 Å². The van der Waals surface area contributed by atoms with Gasteiger partial charge < -0.3 is 5.32 Å². The lowest BCUT2D eigenvalue weighted by Crippen LogP contribution is -2.41. The summed E-state index contributed by atoms with van der Waals surface area (Å²) in [6.07, 6.45) is 2.70. The average molecular weight is 321 g/mol. The molecule has 1 saturated carbocycles. The molecule has 5 nitrogen and oxygen atoms in total. The second-order valence-electron chi connectivity index (χ2n) is 4.71. The second-order valence-corrected chi connectivity index (χ2v) is 7.05. The number of carbonyl (C=O) groups excluding carboxylic acids is 1. The molecule has 110 valence electrons. The van der Waals surface area contributed by atoms with Gasteiger partial charge in [0.2, 0.25) is 15.9 Å². The van der Waals surface area contributed by atoms with Crippen LogP contribution in [0.2, 0.25) is 5.02 Å². The fourth-order valence-corrected chi connectivity index (χ4v) is 2.71. The molecule has 0 aliphatic heterocycles. The van der Waals surface area contributed by atoms with Crippen molar-refractivity contribution in [3.8, 4) is 0 Å². The Kier molecular flexibility index (Phi) is 4.19. The third kappa shape index (κ3) is 3.83. The van der Waals surface area contributed by atoms with Crippen LogP contribution in [0.3, 0.4) is 0 Å². The van der Waals surface area contributed by atoms with Crippen LogP contribution >= 0.6 is 11.6 Å². The summed E-state index contributed by atoms with van der Waals surface area (Å²) in [5.41, 5.74) is -0.192.